The Hall–Kier alpha value is -3.15. The maximum Gasteiger partial charge on any atom is 0.189 e. The van der Waals surface area contributed by atoms with E-state index in [4.69, 9.17) is 10.3 Å². The number of rotatable bonds is 5. The van der Waals surface area contributed by atoms with Crippen molar-refractivity contribution in [2.45, 2.75) is 23.0 Å². The molecule has 4 aromatic rings. The Morgan fingerprint density at radius 3 is 2.70 bits per heavy atom. The second kappa shape index (κ2) is 8.65. The van der Waals surface area contributed by atoms with Crippen LogP contribution in [-0.2, 0) is 9.84 Å². The van der Waals surface area contributed by atoms with Crippen molar-refractivity contribution >= 4 is 27.0 Å². The highest BCUT2D eigenvalue weighted by molar-refractivity contribution is 7.92. The van der Waals surface area contributed by atoms with Crippen LogP contribution in [0.5, 0.6) is 0 Å². The van der Waals surface area contributed by atoms with Crippen molar-refractivity contribution in [3.8, 4) is 33.3 Å². The van der Waals surface area contributed by atoms with E-state index >= 15 is 0 Å². The number of thiophene rings is 1. The van der Waals surface area contributed by atoms with Crippen LogP contribution < -0.4 is 11.1 Å². The molecule has 0 radical (unpaired) electrons. The average Bonchev–Trinajstić information content (AvgIpc) is 3.49. The minimum Gasteiger partial charge on any atom is -0.382 e. The van der Waals surface area contributed by atoms with Crippen LogP contribution in [0.1, 0.15) is 12.8 Å². The number of aromatic nitrogens is 3. The van der Waals surface area contributed by atoms with Gasteiger partial charge in [-0.3, -0.25) is 0 Å². The highest BCUT2D eigenvalue weighted by atomic mass is 32.2. The van der Waals surface area contributed by atoms with Crippen molar-refractivity contribution in [2.75, 3.05) is 18.8 Å². The Morgan fingerprint density at radius 2 is 2.00 bits per heavy atom. The van der Waals surface area contributed by atoms with Crippen LogP contribution in [0.3, 0.4) is 0 Å². The molecule has 0 aliphatic carbocycles. The summed E-state index contributed by atoms with van der Waals surface area (Å²) in [5, 5.41) is 8.27. The molecule has 1 fully saturated rings. The Morgan fingerprint density at radius 1 is 1.18 bits per heavy atom. The third kappa shape index (κ3) is 4.14. The van der Waals surface area contributed by atoms with Crippen molar-refractivity contribution < 1.29 is 17.3 Å². The fourth-order valence-electron chi connectivity index (χ4n) is 3.78. The molecule has 1 unspecified atom stereocenters. The molecule has 8 nitrogen and oxygen atoms in total. The molecule has 5 rings (SSSR count). The third-order valence-electron chi connectivity index (χ3n) is 5.56. The molecule has 1 atom stereocenters. The summed E-state index contributed by atoms with van der Waals surface area (Å²) < 4.78 is 45.1. The third-order valence-corrected chi connectivity index (χ3v) is 8.68. The predicted octanol–water partition coefficient (Wildman–Crippen LogP) is 3.77. The first-order valence-corrected chi connectivity index (χ1v) is 12.7. The lowest BCUT2D eigenvalue weighted by Crippen LogP contribution is -2.38. The topological polar surface area (TPSA) is 124 Å². The zero-order valence-electron chi connectivity index (χ0n) is 17.4. The first-order valence-electron chi connectivity index (χ1n) is 10.3. The second-order valence-corrected chi connectivity index (χ2v) is 10.8. The summed E-state index contributed by atoms with van der Waals surface area (Å²) in [6, 6.07) is 9.48. The van der Waals surface area contributed by atoms with Crippen LogP contribution in [-0.4, -0.2) is 41.9 Å². The molecule has 0 spiro atoms. The summed E-state index contributed by atoms with van der Waals surface area (Å²) in [4.78, 5) is 9.37. The highest BCUT2D eigenvalue weighted by Crippen LogP contribution is 2.33. The number of nitrogens with zero attached hydrogens (tertiary/aromatic N) is 3. The first kappa shape index (κ1) is 21.7. The summed E-state index contributed by atoms with van der Waals surface area (Å²) >= 11 is 1.21. The van der Waals surface area contributed by atoms with Gasteiger partial charge >= 0.3 is 0 Å². The van der Waals surface area contributed by atoms with Gasteiger partial charge in [-0.15, -0.1) is 11.3 Å². The average molecular weight is 486 g/mol. The van der Waals surface area contributed by atoms with Gasteiger partial charge in [0.1, 0.15) is 11.5 Å². The maximum atomic E-state index is 13.9. The molecule has 3 N–H and O–H groups in total. The normalized spacial score (nSPS) is 16.7. The molecular weight excluding hydrogens is 465 g/mol. The zero-order valence-corrected chi connectivity index (χ0v) is 19.0. The van der Waals surface area contributed by atoms with Crippen LogP contribution in [0.15, 0.2) is 57.4 Å². The van der Waals surface area contributed by atoms with Crippen molar-refractivity contribution in [3.05, 3.63) is 53.8 Å². The number of anilines is 1. The number of hydrogen-bond donors (Lipinski definition) is 2. The minimum absolute atomic E-state index is 0.136. The first-order chi connectivity index (χ1) is 15.9. The quantitative estimate of drug-likeness (QED) is 0.438. The Balaban J connectivity index is 1.44. The lowest BCUT2D eigenvalue weighted by Gasteiger charge is -2.22. The van der Waals surface area contributed by atoms with Crippen molar-refractivity contribution in [1.29, 1.82) is 0 Å². The Labute approximate surface area is 193 Å². The summed E-state index contributed by atoms with van der Waals surface area (Å²) in [5.41, 5.74) is 7.78. The van der Waals surface area contributed by atoms with Gasteiger partial charge in [0.25, 0.3) is 0 Å². The molecule has 11 heteroatoms. The van der Waals surface area contributed by atoms with Crippen LogP contribution in [0.4, 0.5) is 10.2 Å². The standard InChI is InChI=1S/C22H20FN5O3S2/c23-16-7-9-32-21(16)17-10-19(31-28-17)20-22(24)26-12-18(27-20)13-3-5-14(6-4-13)33(29,30)15-2-1-8-25-11-15/h3-7,9-10,12,15,25H,1-2,8,11H2,(H2,24,26). The van der Waals surface area contributed by atoms with E-state index in [-0.39, 0.29) is 28.0 Å². The largest absolute Gasteiger partial charge is 0.382 e. The summed E-state index contributed by atoms with van der Waals surface area (Å²) in [7, 11) is -3.41. The molecule has 1 aliphatic rings. The lowest BCUT2D eigenvalue weighted by molar-refractivity contribution is 0.433. The number of nitrogen functional groups attached to an aromatic ring is 1. The molecule has 170 valence electrons. The molecular formula is C22H20FN5O3S2. The molecule has 1 aliphatic heterocycles. The number of nitrogens with one attached hydrogen (secondary N) is 1. The number of sulfone groups is 1. The van der Waals surface area contributed by atoms with Gasteiger partial charge in [-0.25, -0.2) is 22.8 Å². The zero-order chi connectivity index (χ0) is 23.0. The highest BCUT2D eigenvalue weighted by Gasteiger charge is 2.28. The predicted molar refractivity (Wildman–Crippen MR) is 124 cm³/mol. The second-order valence-electron chi connectivity index (χ2n) is 7.70. The van der Waals surface area contributed by atoms with Crippen LogP contribution in [0.2, 0.25) is 0 Å². The number of benzene rings is 1. The molecule has 0 bridgehead atoms. The lowest BCUT2D eigenvalue weighted by atomic mass is 10.1. The van der Waals surface area contributed by atoms with Crippen LogP contribution in [0, 0.1) is 5.82 Å². The number of nitrogens with two attached hydrogens (primary N) is 1. The van der Waals surface area contributed by atoms with E-state index in [1.807, 2.05) is 0 Å². The van der Waals surface area contributed by atoms with E-state index in [2.05, 4.69) is 20.4 Å². The summed E-state index contributed by atoms with van der Waals surface area (Å²) in [6.07, 6.45) is 3.00. The maximum absolute atomic E-state index is 13.9. The summed E-state index contributed by atoms with van der Waals surface area (Å²) in [6.45, 7) is 1.31. The van der Waals surface area contributed by atoms with Gasteiger partial charge in [0, 0.05) is 18.2 Å². The van der Waals surface area contributed by atoms with E-state index < -0.39 is 15.1 Å². The molecule has 0 amide bonds. The van der Waals surface area contributed by atoms with Crippen molar-refractivity contribution in [2.24, 2.45) is 0 Å². The van der Waals surface area contributed by atoms with Gasteiger partial charge in [-0.2, -0.15) is 0 Å². The van der Waals surface area contributed by atoms with Gasteiger partial charge in [0.15, 0.2) is 27.1 Å². The minimum atomic E-state index is -3.41. The van der Waals surface area contributed by atoms with Crippen LogP contribution >= 0.6 is 11.3 Å². The van der Waals surface area contributed by atoms with E-state index in [0.717, 1.165) is 13.0 Å². The van der Waals surface area contributed by atoms with Gasteiger partial charge in [0.05, 0.1) is 26.9 Å². The Kier molecular flexibility index (Phi) is 5.69. The smallest absolute Gasteiger partial charge is 0.189 e. The molecule has 4 heterocycles. The van der Waals surface area contributed by atoms with Gasteiger partial charge in [0.2, 0.25) is 0 Å². The molecule has 0 saturated carbocycles. The fraction of sp³-hybridized carbons (Fsp3) is 0.227. The fourth-order valence-corrected chi connectivity index (χ4v) is 6.22. The van der Waals surface area contributed by atoms with E-state index in [1.54, 1.807) is 35.7 Å². The number of halogens is 1. The molecule has 1 aromatic carbocycles. The molecule has 1 saturated heterocycles. The Bertz CT molecular complexity index is 1390. The molecule has 33 heavy (non-hydrogen) atoms. The van der Waals surface area contributed by atoms with E-state index in [1.165, 1.54) is 23.6 Å². The summed E-state index contributed by atoms with van der Waals surface area (Å²) in [5.74, 6) is 0.0115. The van der Waals surface area contributed by atoms with Gasteiger partial charge in [-0.05, 0) is 43.0 Å². The van der Waals surface area contributed by atoms with Crippen molar-refractivity contribution in [1.82, 2.24) is 20.4 Å². The number of piperidine rings is 1. The van der Waals surface area contributed by atoms with E-state index in [9.17, 15) is 12.8 Å². The SMILES string of the molecule is Nc1ncc(-c2ccc(S(=O)(=O)C3CCCNC3)cc2)nc1-c1cc(-c2sccc2F)no1. The van der Waals surface area contributed by atoms with Gasteiger partial charge < -0.3 is 15.6 Å². The van der Waals surface area contributed by atoms with E-state index in [0.29, 0.717) is 34.8 Å². The van der Waals surface area contributed by atoms with Gasteiger partial charge in [-0.1, -0.05) is 17.3 Å². The molecule has 3 aromatic heterocycles. The van der Waals surface area contributed by atoms with Crippen LogP contribution in [0.25, 0.3) is 33.3 Å². The van der Waals surface area contributed by atoms with Crippen molar-refractivity contribution in [3.63, 3.8) is 0 Å². The number of hydrogen-bond acceptors (Lipinski definition) is 9. The monoisotopic (exact) mass is 485 g/mol.